The van der Waals surface area contributed by atoms with Gasteiger partial charge in [-0.3, -0.25) is 4.79 Å². The molecule has 0 saturated heterocycles. The van der Waals surface area contributed by atoms with Crippen molar-refractivity contribution < 1.29 is 15.0 Å². The van der Waals surface area contributed by atoms with Gasteiger partial charge in [0.15, 0.2) is 0 Å². The molecular weight excluding hydrogens is 230 g/mol. The molecule has 0 aliphatic heterocycles. The lowest BCUT2D eigenvalue weighted by molar-refractivity contribution is -0.125. The molecule has 18 heavy (non-hydrogen) atoms. The highest BCUT2D eigenvalue weighted by molar-refractivity contribution is 5.79. The second-order valence-corrected chi connectivity index (χ2v) is 5.58. The number of benzene rings is 1. The predicted molar refractivity (Wildman–Crippen MR) is 70.3 cm³/mol. The largest absolute Gasteiger partial charge is 0.508 e. The number of nitrogens with one attached hydrogen (secondary N) is 1. The van der Waals surface area contributed by atoms with E-state index in [1.165, 1.54) is 0 Å². The molecule has 0 bridgehead atoms. The predicted octanol–water partition coefficient (Wildman–Crippen LogP) is 1.60. The number of carbonyl (C=O) groups excluding carboxylic acids is 1. The molecule has 0 saturated carbocycles. The Balaban J connectivity index is 2.68. The molecule has 1 amide bonds. The third kappa shape index (κ3) is 3.74. The van der Waals surface area contributed by atoms with Crippen molar-refractivity contribution in [1.29, 1.82) is 0 Å². The maximum Gasteiger partial charge on any atom is 0.224 e. The lowest BCUT2D eigenvalue weighted by atomic mass is 9.86. The Hall–Kier alpha value is -1.55. The number of amides is 1. The lowest BCUT2D eigenvalue weighted by Gasteiger charge is -2.38. The van der Waals surface area contributed by atoms with Crippen LogP contribution in [0, 0.1) is 0 Å². The first kappa shape index (κ1) is 14.5. The van der Waals surface area contributed by atoms with Crippen LogP contribution < -0.4 is 5.32 Å². The Bertz CT molecular complexity index is 433. The first-order chi connectivity index (χ1) is 8.12. The van der Waals surface area contributed by atoms with Crippen molar-refractivity contribution in [3.05, 3.63) is 29.8 Å². The van der Waals surface area contributed by atoms with Crippen molar-refractivity contribution in [3.8, 4) is 5.75 Å². The first-order valence-electron chi connectivity index (χ1n) is 5.93. The molecule has 1 aromatic rings. The fourth-order valence-corrected chi connectivity index (χ4v) is 1.40. The van der Waals surface area contributed by atoms with E-state index in [1.807, 2.05) is 0 Å². The molecule has 3 N–H and O–H groups in total. The van der Waals surface area contributed by atoms with E-state index in [9.17, 15) is 15.0 Å². The summed E-state index contributed by atoms with van der Waals surface area (Å²) < 4.78 is 0. The molecular formula is C14H21NO3. The summed E-state index contributed by atoms with van der Waals surface area (Å²) in [5.74, 6) is -0.0465. The zero-order chi connectivity index (χ0) is 14.0. The molecule has 0 heterocycles. The Kier molecular flexibility index (Phi) is 4.02. The molecule has 0 aromatic heterocycles. The third-order valence-corrected chi connectivity index (χ3v) is 3.26. The van der Waals surface area contributed by atoms with Gasteiger partial charge in [-0.2, -0.15) is 0 Å². The van der Waals surface area contributed by atoms with Gasteiger partial charge in [0.2, 0.25) is 5.91 Å². The molecule has 0 spiro atoms. The number of rotatable bonds is 4. The molecule has 0 aliphatic rings. The topological polar surface area (TPSA) is 69.6 Å². The standard InChI is InChI=1S/C14H21NO3/c1-13(2,14(3,4)18)15-12(17)9-10-6-5-7-11(16)8-10/h5-8,16,18H,9H2,1-4H3,(H,15,17). The minimum absolute atomic E-state index is 0.141. The smallest absolute Gasteiger partial charge is 0.224 e. The molecule has 0 fully saturated rings. The zero-order valence-electron chi connectivity index (χ0n) is 11.3. The van der Waals surface area contributed by atoms with Crippen LogP contribution in [0.2, 0.25) is 0 Å². The van der Waals surface area contributed by atoms with Crippen molar-refractivity contribution in [1.82, 2.24) is 5.32 Å². The van der Waals surface area contributed by atoms with Gasteiger partial charge in [0.1, 0.15) is 5.75 Å². The highest BCUT2D eigenvalue weighted by Crippen LogP contribution is 2.20. The van der Waals surface area contributed by atoms with Gasteiger partial charge in [0.05, 0.1) is 17.6 Å². The summed E-state index contributed by atoms with van der Waals surface area (Å²) in [5.41, 5.74) is -0.999. The summed E-state index contributed by atoms with van der Waals surface area (Å²) in [4.78, 5) is 11.9. The minimum Gasteiger partial charge on any atom is -0.508 e. The molecule has 4 heteroatoms. The second kappa shape index (κ2) is 4.98. The fourth-order valence-electron chi connectivity index (χ4n) is 1.40. The number of phenolic OH excluding ortho intramolecular Hbond substituents is 1. The molecule has 0 unspecified atom stereocenters. The number of phenols is 1. The van der Waals surface area contributed by atoms with Gasteiger partial charge < -0.3 is 15.5 Å². The van der Waals surface area contributed by atoms with Crippen LogP contribution in [-0.4, -0.2) is 27.3 Å². The van der Waals surface area contributed by atoms with Gasteiger partial charge in [-0.25, -0.2) is 0 Å². The third-order valence-electron chi connectivity index (χ3n) is 3.26. The Morgan fingerprint density at radius 1 is 1.28 bits per heavy atom. The normalized spacial score (nSPS) is 12.3. The van der Waals surface area contributed by atoms with Crippen molar-refractivity contribution in [2.24, 2.45) is 0 Å². The van der Waals surface area contributed by atoms with Crippen LogP contribution in [0.15, 0.2) is 24.3 Å². The van der Waals surface area contributed by atoms with Crippen LogP contribution in [0.5, 0.6) is 5.75 Å². The maximum absolute atomic E-state index is 11.9. The number of hydrogen-bond acceptors (Lipinski definition) is 3. The van der Waals surface area contributed by atoms with E-state index in [0.717, 1.165) is 5.56 Å². The van der Waals surface area contributed by atoms with Crippen LogP contribution >= 0.6 is 0 Å². The Morgan fingerprint density at radius 3 is 2.39 bits per heavy atom. The van der Waals surface area contributed by atoms with Crippen molar-refractivity contribution >= 4 is 5.91 Å². The number of aliphatic hydroxyl groups is 1. The summed E-state index contributed by atoms with van der Waals surface area (Å²) in [6.45, 7) is 6.85. The highest BCUT2D eigenvalue weighted by atomic mass is 16.3. The molecule has 0 radical (unpaired) electrons. The molecule has 100 valence electrons. The van der Waals surface area contributed by atoms with E-state index in [0.29, 0.717) is 0 Å². The van der Waals surface area contributed by atoms with E-state index in [4.69, 9.17) is 0 Å². The summed E-state index contributed by atoms with van der Waals surface area (Å²) in [6, 6.07) is 6.58. The first-order valence-corrected chi connectivity index (χ1v) is 5.93. The average Bonchev–Trinajstić information content (AvgIpc) is 2.14. The van der Waals surface area contributed by atoms with Gasteiger partial charge >= 0.3 is 0 Å². The molecule has 1 aromatic carbocycles. The Labute approximate surface area is 108 Å². The number of aromatic hydroxyl groups is 1. The van der Waals surface area contributed by atoms with Crippen LogP contribution in [-0.2, 0) is 11.2 Å². The van der Waals surface area contributed by atoms with E-state index < -0.39 is 11.1 Å². The van der Waals surface area contributed by atoms with Crippen molar-refractivity contribution in [2.45, 2.75) is 45.3 Å². The molecule has 0 atom stereocenters. The van der Waals surface area contributed by atoms with E-state index in [-0.39, 0.29) is 18.1 Å². The summed E-state index contributed by atoms with van der Waals surface area (Å²) in [5, 5.41) is 22.1. The highest BCUT2D eigenvalue weighted by Gasteiger charge is 2.36. The van der Waals surface area contributed by atoms with Gasteiger partial charge in [0, 0.05) is 0 Å². The molecule has 0 aliphatic carbocycles. The lowest BCUT2D eigenvalue weighted by Crippen LogP contribution is -2.58. The van der Waals surface area contributed by atoms with Gasteiger partial charge in [-0.1, -0.05) is 12.1 Å². The van der Waals surface area contributed by atoms with Crippen molar-refractivity contribution in [3.63, 3.8) is 0 Å². The maximum atomic E-state index is 11.9. The van der Waals surface area contributed by atoms with E-state index in [2.05, 4.69) is 5.32 Å². The van der Waals surface area contributed by atoms with Gasteiger partial charge in [-0.05, 0) is 45.4 Å². The van der Waals surface area contributed by atoms with Crippen LogP contribution in [0.25, 0.3) is 0 Å². The summed E-state index contributed by atoms with van der Waals surface area (Å²) >= 11 is 0. The zero-order valence-corrected chi connectivity index (χ0v) is 11.3. The minimum atomic E-state index is -1.01. The SMILES string of the molecule is CC(C)(O)C(C)(C)NC(=O)Cc1cccc(O)c1. The number of carbonyl (C=O) groups is 1. The van der Waals surface area contributed by atoms with Crippen LogP contribution in [0.3, 0.4) is 0 Å². The number of hydrogen-bond donors (Lipinski definition) is 3. The monoisotopic (exact) mass is 251 g/mol. The molecule has 4 nitrogen and oxygen atoms in total. The Morgan fingerprint density at radius 2 is 1.89 bits per heavy atom. The molecule has 1 rings (SSSR count). The van der Waals surface area contributed by atoms with E-state index in [1.54, 1.807) is 52.0 Å². The fraction of sp³-hybridized carbons (Fsp3) is 0.500. The second-order valence-electron chi connectivity index (χ2n) is 5.58. The van der Waals surface area contributed by atoms with Crippen LogP contribution in [0.1, 0.15) is 33.3 Å². The van der Waals surface area contributed by atoms with Crippen molar-refractivity contribution in [2.75, 3.05) is 0 Å². The average molecular weight is 251 g/mol. The quantitative estimate of drug-likeness (QED) is 0.761. The summed E-state index contributed by atoms with van der Waals surface area (Å²) in [6.07, 6.45) is 0.175. The summed E-state index contributed by atoms with van der Waals surface area (Å²) in [7, 11) is 0. The van der Waals surface area contributed by atoms with Crippen LogP contribution in [0.4, 0.5) is 0 Å². The van der Waals surface area contributed by atoms with Gasteiger partial charge in [-0.15, -0.1) is 0 Å². The van der Waals surface area contributed by atoms with Gasteiger partial charge in [0.25, 0.3) is 0 Å². The van der Waals surface area contributed by atoms with E-state index >= 15 is 0 Å².